The summed E-state index contributed by atoms with van der Waals surface area (Å²) in [6.07, 6.45) is 1.05. The number of carbonyl (C=O) groups excluding carboxylic acids is 1. The van der Waals surface area contributed by atoms with Crippen LogP contribution in [0.3, 0.4) is 0 Å². The maximum atomic E-state index is 12.6. The van der Waals surface area contributed by atoms with Gasteiger partial charge in [-0.15, -0.1) is 5.10 Å². The van der Waals surface area contributed by atoms with Crippen molar-refractivity contribution in [2.45, 2.75) is 62.9 Å². The zero-order valence-corrected chi connectivity index (χ0v) is 28.4. The van der Waals surface area contributed by atoms with E-state index in [4.69, 9.17) is 38.8 Å². The monoisotopic (exact) mass is 701 g/mol. The molecule has 2 aromatic carbocycles. The van der Waals surface area contributed by atoms with Crippen LogP contribution >= 0.6 is 0 Å². The predicted octanol–water partition coefficient (Wildman–Crippen LogP) is 3.55. The van der Waals surface area contributed by atoms with Crippen molar-refractivity contribution >= 4 is 11.8 Å². The molecule has 1 fully saturated rings. The van der Waals surface area contributed by atoms with Crippen LogP contribution in [0.5, 0.6) is 11.5 Å². The molecule has 0 saturated carbocycles. The minimum absolute atomic E-state index is 0.0232. The number of methoxy groups -OCH3 is 2. The summed E-state index contributed by atoms with van der Waals surface area (Å²) in [4.78, 5) is 19.4. The highest BCUT2D eigenvalue weighted by Crippen LogP contribution is 2.36. The van der Waals surface area contributed by atoms with Crippen LogP contribution < -0.4 is 19.7 Å². The summed E-state index contributed by atoms with van der Waals surface area (Å²) < 4.78 is 34.1. The smallest absolute Gasteiger partial charge is 0.497 e. The van der Waals surface area contributed by atoms with E-state index in [1.54, 1.807) is 14.2 Å². The number of carbonyl (C=O) groups is 1. The normalized spacial score (nSPS) is 19.5. The number of ether oxygens (including phenoxy) is 6. The molecule has 2 aliphatic rings. The van der Waals surface area contributed by atoms with Gasteiger partial charge in [0, 0.05) is 45.2 Å². The van der Waals surface area contributed by atoms with Gasteiger partial charge in [-0.25, -0.2) is 9.89 Å². The van der Waals surface area contributed by atoms with Gasteiger partial charge in [0.1, 0.15) is 18.1 Å². The van der Waals surface area contributed by atoms with Gasteiger partial charge < -0.3 is 38.6 Å². The average molecular weight is 702 g/mol. The van der Waals surface area contributed by atoms with Crippen LogP contribution in [0, 0.1) is 0 Å². The molecular formula is C33H47N7O10. The van der Waals surface area contributed by atoms with Crippen molar-refractivity contribution in [3.63, 3.8) is 0 Å². The lowest BCUT2D eigenvalue weighted by Gasteiger charge is -2.38. The molecule has 2 aliphatic heterocycles. The van der Waals surface area contributed by atoms with Crippen LogP contribution in [-0.4, -0.2) is 115 Å². The number of unbranched alkanes of at least 4 members (excludes halogenated alkanes) is 1. The zero-order chi connectivity index (χ0) is 35.1. The summed E-state index contributed by atoms with van der Waals surface area (Å²) in [5, 5.41) is 34.5. The Morgan fingerprint density at radius 2 is 1.94 bits per heavy atom. The van der Waals surface area contributed by atoms with Crippen LogP contribution in [0.1, 0.15) is 61.1 Å². The van der Waals surface area contributed by atoms with E-state index in [9.17, 15) is 4.79 Å². The van der Waals surface area contributed by atoms with Crippen molar-refractivity contribution in [2.24, 2.45) is 0 Å². The summed E-state index contributed by atoms with van der Waals surface area (Å²) in [5.74, 6) is 1.97. The topological polar surface area (TPSA) is 195 Å². The van der Waals surface area contributed by atoms with Crippen molar-refractivity contribution in [3.8, 4) is 11.5 Å². The van der Waals surface area contributed by atoms with Crippen LogP contribution in [-0.2, 0) is 30.4 Å². The number of aromatic amines is 1. The number of aromatic nitrogens is 4. The highest BCUT2D eigenvalue weighted by atomic mass is 17.1. The molecule has 5 rings (SSSR count). The molecule has 274 valence electrons. The molecule has 17 heteroatoms. The third-order valence-electron chi connectivity index (χ3n) is 8.73. The number of H-pyrrole nitrogens is 1. The third kappa shape index (κ3) is 10.9. The quantitative estimate of drug-likeness (QED) is 0.0804. The number of rotatable bonds is 19. The summed E-state index contributed by atoms with van der Waals surface area (Å²) in [7, 11) is 3.36. The molecule has 0 aliphatic carbocycles. The minimum atomic E-state index is -0.866. The highest BCUT2D eigenvalue weighted by Gasteiger charge is 2.35. The second kappa shape index (κ2) is 19.3. The predicted molar refractivity (Wildman–Crippen MR) is 176 cm³/mol. The van der Waals surface area contributed by atoms with Gasteiger partial charge in [-0.3, -0.25) is 15.3 Å². The largest absolute Gasteiger partial charge is 0.508 e. The van der Waals surface area contributed by atoms with Crippen molar-refractivity contribution in [1.82, 2.24) is 31.3 Å². The molecule has 0 bridgehead atoms. The number of tetrazole rings is 1. The molecule has 4 N–H and O–H groups in total. The maximum absolute atomic E-state index is 12.6. The third-order valence-corrected chi connectivity index (χ3v) is 8.73. The number of hydrogen-bond donors (Lipinski definition) is 4. The van der Waals surface area contributed by atoms with Gasteiger partial charge in [-0.2, -0.15) is 0 Å². The van der Waals surface area contributed by atoms with E-state index < -0.39 is 12.3 Å². The summed E-state index contributed by atoms with van der Waals surface area (Å²) in [6, 6.07) is 14.2. The Morgan fingerprint density at radius 3 is 2.70 bits per heavy atom. The molecule has 4 atom stereocenters. The Kier molecular flexibility index (Phi) is 14.4. The molecule has 3 aromatic rings. The van der Waals surface area contributed by atoms with E-state index in [1.165, 1.54) is 0 Å². The maximum Gasteiger partial charge on any atom is 0.508 e. The van der Waals surface area contributed by atoms with E-state index in [0.717, 1.165) is 47.8 Å². The van der Waals surface area contributed by atoms with Crippen molar-refractivity contribution in [3.05, 3.63) is 59.4 Å². The first-order chi connectivity index (χ1) is 24.4. The second-order valence-corrected chi connectivity index (χ2v) is 12.1. The first-order valence-corrected chi connectivity index (χ1v) is 16.8. The van der Waals surface area contributed by atoms with Crippen molar-refractivity contribution < 1.29 is 48.5 Å². The lowest BCUT2D eigenvalue weighted by atomic mass is 9.82. The number of nitrogens with one attached hydrogen (secondary N) is 2. The lowest BCUT2D eigenvalue weighted by molar-refractivity contribution is -0.492. The zero-order valence-electron chi connectivity index (χ0n) is 28.4. The van der Waals surface area contributed by atoms with E-state index >= 15 is 0 Å². The molecule has 1 aromatic heterocycles. The summed E-state index contributed by atoms with van der Waals surface area (Å²) in [5.41, 5.74) is 3.24. The first kappa shape index (κ1) is 37.2. The Balaban J connectivity index is 1.23. The number of hydrogen-bond acceptors (Lipinski definition) is 16. The van der Waals surface area contributed by atoms with Crippen LogP contribution in [0.15, 0.2) is 42.5 Å². The SMILES string of the molecule is COCCCN1CCOc2ccc(COC3CNC(CC(OC(=O)OCCCCON(O)O)c4nnn[nH]4)CC3c3ccc(OC)cc3)cc21. The molecule has 3 heterocycles. The van der Waals surface area contributed by atoms with E-state index in [0.29, 0.717) is 57.9 Å². The van der Waals surface area contributed by atoms with E-state index in [2.05, 4.69) is 59.9 Å². The average Bonchev–Trinajstić information content (AvgIpc) is 3.68. The fourth-order valence-corrected chi connectivity index (χ4v) is 6.20. The number of nitrogens with zero attached hydrogens (tertiary/aromatic N) is 5. The van der Waals surface area contributed by atoms with Crippen LogP contribution in [0.2, 0.25) is 0 Å². The molecule has 17 nitrogen and oxygen atoms in total. The van der Waals surface area contributed by atoms with Crippen molar-refractivity contribution in [1.29, 1.82) is 0 Å². The van der Waals surface area contributed by atoms with Crippen molar-refractivity contribution in [2.75, 3.05) is 65.2 Å². The molecule has 0 spiro atoms. The Morgan fingerprint density at radius 1 is 1.10 bits per heavy atom. The van der Waals surface area contributed by atoms with Gasteiger partial charge in [0.2, 0.25) is 0 Å². The lowest BCUT2D eigenvalue weighted by Crippen LogP contribution is -2.47. The molecule has 4 unspecified atom stereocenters. The highest BCUT2D eigenvalue weighted by molar-refractivity contribution is 5.61. The van der Waals surface area contributed by atoms with Gasteiger partial charge in [-0.05, 0) is 71.5 Å². The van der Waals surface area contributed by atoms with Gasteiger partial charge in [-0.1, -0.05) is 18.2 Å². The van der Waals surface area contributed by atoms with Crippen LogP contribution in [0.25, 0.3) is 0 Å². The molecular weight excluding hydrogens is 654 g/mol. The van der Waals surface area contributed by atoms with Gasteiger partial charge in [0.05, 0.1) is 50.7 Å². The number of anilines is 1. The fourth-order valence-electron chi connectivity index (χ4n) is 6.20. The molecule has 50 heavy (non-hydrogen) atoms. The second-order valence-electron chi connectivity index (χ2n) is 12.1. The number of fused-ring (bicyclic) bond motifs is 1. The van der Waals surface area contributed by atoms with Gasteiger partial charge in [0.15, 0.2) is 11.9 Å². The minimum Gasteiger partial charge on any atom is -0.497 e. The van der Waals surface area contributed by atoms with E-state index in [1.807, 2.05) is 18.2 Å². The Hall–Kier alpha value is -4.10. The Bertz CT molecular complexity index is 1430. The first-order valence-electron chi connectivity index (χ1n) is 16.8. The summed E-state index contributed by atoms with van der Waals surface area (Å²) >= 11 is 0. The Labute approximate surface area is 290 Å². The van der Waals surface area contributed by atoms with Gasteiger partial charge >= 0.3 is 6.16 Å². The van der Waals surface area contributed by atoms with Crippen LogP contribution in [0.4, 0.5) is 10.5 Å². The summed E-state index contributed by atoms with van der Waals surface area (Å²) in [6.45, 7) is 4.16. The van der Waals surface area contributed by atoms with E-state index in [-0.39, 0.29) is 36.7 Å². The number of piperidine rings is 1. The van der Waals surface area contributed by atoms with Gasteiger partial charge in [0.25, 0.3) is 0 Å². The standard InChI is InChI=1S/C33H47N7O10/c1-44-14-5-12-39-13-17-46-29-11-6-23(18-28(29)39)22-48-31-21-34-25(19-27(31)24-7-9-26(45-2)10-8-24)20-30(32-35-37-38-36-32)50-33(41)47-15-3-4-16-49-40(42)43/h6-11,18,25,27,30-31,34,42-43H,3-5,12-17,19-22H2,1-2H3,(H,35,36,37,38). The molecule has 0 radical (unpaired) electrons. The fraction of sp³-hybridized carbons (Fsp3) is 0.576. The number of benzene rings is 2. The molecule has 0 amide bonds. The molecule has 1 saturated heterocycles.